The molecule has 0 aromatic heterocycles. The number of anilines is 1. The summed E-state index contributed by atoms with van der Waals surface area (Å²) in [7, 11) is 0. The number of para-hydroxylation sites is 1. The van der Waals surface area contributed by atoms with Gasteiger partial charge in [-0.05, 0) is 43.5 Å². The van der Waals surface area contributed by atoms with E-state index in [1.54, 1.807) is 0 Å². The molecule has 0 aliphatic carbocycles. The van der Waals surface area contributed by atoms with Crippen molar-refractivity contribution in [3.63, 3.8) is 0 Å². The lowest BCUT2D eigenvalue weighted by atomic mass is 10.1. The molecule has 3 aliphatic rings. The highest BCUT2D eigenvalue weighted by Gasteiger charge is 2.27. The number of fused-ring (bicyclic) bond motifs is 3. The van der Waals surface area contributed by atoms with Gasteiger partial charge in [-0.15, -0.1) is 5.10 Å². The molecular formula is C24H21F2N5O2S. The van der Waals surface area contributed by atoms with Gasteiger partial charge in [-0.1, -0.05) is 36.4 Å². The van der Waals surface area contributed by atoms with E-state index >= 15 is 0 Å². The number of hydrogen-bond donors (Lipinski definition) is 1. The molecule has 174 valence electrons. The number of amides is 1. The average molecular weight is 482 g/mol. The Morgan fingerprint density at radius 2 is 1.91 bits per heavy atom. The molecule has 1 amide bonds. The summed E-state index contributed by atoms with van der Waals surface area (Å²) in [5.74, 6) is -1.56. The molecule has 0 spiro atoms. The van der Waals surface area contributed by atoms with Crippen LogP contribution in [0.1, 0.15) is 25.0 Å². The first-order valence-corrected chi connectivity index (χ1v) is 12.0. The van der Waals surface area contributed by atoms with Crippen LogP contribution in [0.3, 0.4) is 0 Å². The van der Waals surface area contributed by atoms with Crippen LogP contribution in [0.15, 0.2) is 58.5 Å². The number of hydrogen-bond acceptors (Lipinski definition) is 5. The van der Waals surface area contributed by atoms with Gasteiger partial charge in [0.1, 0.15) is 17.2 Å². The van der Waals surface area contributed by atoms with Crippen LogP contribution in [-0.4, -0.2) is 31.0 Å². The zero-order valence-electron chi connectivity index (χ0n) is 18.1. The van der Waals surface area contributed by atoms with Gasteiger partial charge in [-0.2, -0.15) is 4.68 Å². The number of nitrogens with zero attached hydrogens (tertiary/aromatic N) is 4. The van der Waals surface area contributed by atoms with E-state index in [9.17, 15) is 18.4 Å². The fraction of sp³-hybridized carbons (Fsp3) is 0.250. The lowest BCUT2D eigenvalue weighted by Gasteiger charge is -2.17. The van der Waals surface area contributed by atoms with Crippen LogP contribution >= 0.6 is 11.8 Å². The van der Waals surface area contributed by atoms with Crippen LogP contribution in [0.25, 0.3) is 17.1 Å². The molecule has 1 N–H and O–H groups in total. The number of rotatable bonds is 5. The predicted molar refractivity (Wildman–Crippen MR) is 126 cm³/mol. The number of benzene rings is 2. The summed E-state index contributed by atoms with van der Waals surface area (Å²) >= 11 is 1.18. The van der Waals surface area contributed by atoms with E-state index in [1.807, 2.05) is 34.9 Å². The first-order valence-electron chi connectivity index (χ1n) is 11.0. The largest absolute Gasteiger partial charge is 0.324 e. The van der Waals surface area contributed by atoms with Gasteiger partial charge in [-0.3, -0.25) is 9.59 Å². The third kappa shape index (κ3) is 4.33. The second-order valence-corrected chi connectivity index (χ2v) is 8.96. The SMILES string of the molecule is O=C(CSc1nc2nn(-c3ccccc3)c(=O)c-2c2n1CCCCC2)Nc1cc(F)ccc1F. The highest BCUT2D eigenvalue weighted by Crippen LogP contribution is 2.30. The number of aromatic nitrogens is 4. The minimum Gasteiger partial charge on any atom is -0.324 e. The second-order valence-electron chi connectivity index (χ2n) is 8.02. The maximum Gasteiger partial charge on any atom is 0.284 e. The molecule has 3 aliphatic heterocycles. The second kappa shape index (κ2) is 9.38. The number of carbonyl (C=O) groups excluding carboxylic acids is 1. The van der Waals surface area contributed by atoms with Crippen molar-refractivity contribution >= 4 is 23.4 Å². The van der Waals surface area contributed by atoms with E-state index in [-0.39, 0.29) is 17.0 Å². The van der Waals surface area contributed by atoms with E-state index in [0.29, 0.717) is 35.2 Å². The Bertz CT molecular complexity index is 1390. The summed E-state index contributed by atoms with van der Waals surface area (Å²) in [5.41, 5.74) is 1.60. The summed E-state index contributed by atoms with van der Waals surface area (Å²) in [6.07, 6.45) is 3.61. The molecule has 0 unspecified atom stereocenters. The Labute approximate surface area is 198 Å². The molecule has 0 bridgehead atoms. The van der Waals surface area contributed by atoms with Gasteiger partial charge in [0.2, 0.25) is 5.91 Å². The lowest BCUT2D eigenvalue weighted by molar-refractivity contribution is -0.113. The maximum absolute atomic E-state index is 13.9. The van der Waals surface area contributed by atoms with E-state index < -0.39 is 17.5 Å². The first-order chi connectivity index (χ1) is 16.5. The molecule has 2 aromatic carbocycles. The highest BCUT2D eigenvalue weighted by atomic mass is 32.2. The molecule has 0 saturated heterocycles. The summed E-state index contributed by atoms with van der Waals surface area (Å²) < 4.78 is 30.6. The maximum atomic E-state index is 13.9. The van der Waals surface area contributed by atoms with Gasteiger partial charge in [0.05, 0.1) is 17.1 Å². The van der Waals surface area contributed by atoms with Gasteiger partial charge in [-0.25, -0.2) is 13.8 Å². The van der Waals surface area contributed by atoms with Crippen molar-refractivity contribution in [2.75, 3.05) is 11.1 Å². The third-order valence-corrected chi connectivity index (χ3v) is 6.68. The molecule has 5 rings (SSSR count). The molecule has 0 radical (unpaired) electrons. The Balaban J connectivity index is 1.48. The minimum absolute atomic E-state index is 0.0580. The van der Waals surface area contributed by atoms with Crippen molar-refractivity contribution in [3.8, 4) is 17.1 Å². The van der Waals surface area contributed by atoms with Crippen molar-refractivity contribution < 1.29 is 13.6 Å². The van der Waals surface area contributed by atoms with Crippen LogP contribution in [0, 0.1) is 11.6 Å². The van der Waals surface area contributed by atoms with Crippen LogP contribution in [0.2, 0.25) is 0 Å². The molecule has 3 heterocycles. The normalized spacial score (nSPS) is 13.5. The Morgan fingerprint density at radius 3 is 2.74 bits per heavy atom. The van der Waals surface area contributed by atoms with Gasteiger partial charge in [0.25, 0.3) is 5.56 Å². The smallest absolute Gasteiger partial charge is 0.284 e. The lowest BCUT2D eigenvalue weighted by Crippen LogP contribution is -2.20. The summed E-state index contributed by atoms with van der Waals surface area (Å²) in [5, 5.41) is 7.44. The minimum atomic E-state index is -0.711. The van der Waals surface area contributed by atoms with Crippen LogP contribution < -0.4 is 10.9 Å². The molecule has 0 saturated carbocycles. The Hall–Kier alpha value is -3.53. The van der Waals surface area contributed by atoms with E-state index in [2.05, 4.69) is 15.4 Å². The molecule has 34 heavy (non-hydrogen) atoms. The van der Waals surface area contributed by atoms with Crippen molar-refractivity contribution in [1.29, 1.82) is 0 Å². The van der Waals surface area contributed by atoms with Gasteiger partial charge in [0, 0.05) is 18.3 Å². The van der Waals surface area contributed by atoms with E-state index in [1.165, 1.54) is 16.4 Å². The zero-order chi connectivity index (χ0) is 23.7. The van der Waals surface area contributed by atoms with Gasteiger partial charge < -0.3 is 9.88 Å². The number of nitrogens with one attached hydrogen (secondary N) is 1. The van der Waals surface area contributed by atoms with Crippen molar-refractivity contribution in [1.82, 2.24) is 19.3 Å². The average Bonchev–Trinajstić information content (AvgIpc) is 3.00. The van der Waals surface area contributed by atoms with Crippen LogP contribution in [-0.2, 0) is 17.8 Å². The number of halogens is 2. The van der Waals surface area contributed by atoms with Crippen LogP contribution in [0.4, 0.5) is 14.5 Å². The quantitative estimate of drug-likeness (QED) is 0.340. The topological polar surface area (TPSA) is 81.8 Å². The van der Waals surface area contributed by atoms with Crippen molar-refractivity contribution in [2.24, 2.45) is 0 Å². The molecule has 7 nitrogen and oxygen atoms in total. The fourth-order valence-corrected chi connectivity index (χ4v) is 4.96. The van der Waals surface area contributed by atoms with E-state index in [4.69, 9.17) is 0 Å². The standard InChI is InChI=1S/C24H21F2N5O2S/c25-15-10-11-17(26)18(13-15)27-20(32)14-34-24-28-22-21(19-9-5-2-6-12-30(19)24)23(33)31(29-22)16-7-3-1-4-8-16/h1,3-4,7-8,10-11,13H,2,5-6,9,12,14H2,(H,27,32). The van der Waals surface area contributed by atoms with E-state index in [0.717, 1.165) is 43.2 Å². The third-order valence-electron chi connectivity index (χ3n) is 5.70. The summed E-state index contributed by atoms with van der Waals surface area (Å²) in [6.45, 7) is 0.677. The monoisotopic (exact) mass is 481 g/mol. The molecular weight excluding hydrogens is 460 g/mol. The Kier molecular flexibility index (Phi) is 6.14. The fourth-order valence-electron chi connectivity index (χ4n) is 4.12. The van der Waals surface area contributed by atoms with Crippen molar-refractivity contribution in [2.45, 2.75) is 37.4 Å². The van der Waals surface area contributed by atoms with Crippen LogP contribution in [0.5, 0.6) is 0 Å². The predicted octanol–water partition coefficient (Wildman–Crippen LogP) is 4.27. The summed E-state index contributed by atoms with van der Waals surface area (Å²) in [6, 6.07) is 12.1. The molecule has 0 fully saturated rings. The summed E-state index contributed by atoms with van der Waals surface area (Å²) in [4.78, 5) is 30.4. The molecule has 0 atom stereocenters. The molecule has 2 aromatic rings. The molecule has 10 heteroatoms. The number of thioether (sulfide) groups is 1. The highest BCUT2D eigenvalue weighted by molar-refractivity contribution is 7.99. The first kappa shape index (κ1) is 22.3. The van der Waals surface area contributed by atoms with Gasteiger partial charge in [0.15, 0.2) is 11.0 Å². The zero-order valence-corrected chi connectivity index (χ0v) is 18.9. The Morgan fingerprint density at radius 1 is 1.09 bits per heavy atom. The van der Waals surface area contributed by atoms with Crippen molar-refractivity contribution in [3.05, 3.63) is 76.2 Å². The van der Waals surface area contributed by atoms with Gasteiger partial charge >= 0.3 is 0 Å². The number of carbonyl (C=O) groups is 1.